The van der Waals surface area contributed by atoms with E-state index in [9.17, 15) is 4.79 Å². The van der Waals surface area contributed by atoms with Gasteiger partial charge in [-0.05, 0) is 30.0 Å². The van der Waals surface area contributed by atoms with Crippen LogP contribution in [0.15, 0.2) is 42.5 Å². The molecule has 0 saturated carbocycles. The van der Waals surface area contributed by atoms with Gasteiger partial charge in [0.2, 0.25) is 5.91 Å². The van der Waals surface area contributed by atoms with Gasteiger partial charge in [0.05, 0.1) is 7.11 Å². The van der Waals surface area contributed by atoms with Gasteiger partial charge in [0.15, 0.2) is 0 Å². The summed E-state index contributed by atoms with van der Waals surface area (Å²) in [6, 6.07) is 14.1. The van der Waals surface area contributed by atoms with E-state index in [0.29, 0.717) is 19.5 Å². The number of anilines is 1. The number of para-hydroxylation sites is 2. The average molecular weight is 340 g/mol. The highest BCUT2D eigenvalue weighted by Crippen LogP contribution is 2.22. The molecule has 0 aliphatic heterocycles. The second kappa shape index (κ2) is 9.84. The van der Waals surface area contributed by atoms with Crippen molar-refractivity contribution in [2.24, 2.45) is 0 Å². The summed E-state index contributed by atoms with van der Waals surface area (Å²) < 4.78 is 5.33. The van der Waals surface area contributed by atoms with Crippen LogP contribution in [-0.2, 0) is 24.2 Å². The topological polar surface area (TPSA) is 50.4 Å². The van der Waals surface area contributed by atoms with Crippen molar-refractivity contribution in [3.8, 4) is 5.75 Å². The smallest absolute Gasteiger partial charge is 0.225 e. The summed E-state index contributed by atoms with van der Waals surface area (Å²) in [5.41, 5.74) is 4.46. The Balaban J connectivity index is 1.85. The SMILES string of the molecule is CCc1cccc(CC)c1NC(=O)CCNCc1ccccc1OC. The van der Waals surface area contributed by atoms with Gasteiger partial charge >= 0.3 is 0 Å². The summed E-state index contributed by atoms with van der Waals surface area (Å²) >= 11 is 0. The molecule has 4 nitrogen and oxygen atoms in total. The highest BCUT2D eigenvalue weighted by Gasteiger charge is 2.10. The molecule has 0 aliphatic carbocycles. The van der Waals surface area contributed by atoms with Crippen molar-refractivity contribution in [1.29, 1.82) is 0 Å². The third-order valence-electron chi connectivity index (χ3n) is 4.30. The van der Waals surface area contributed by atoms with E-state index in [0.717, 1.165) is 29.8 Å². The highest BCUT2D eigenvalue weighted by molar-refractivity contribution is 5.92. The first kappa shape index (κ1) is 19.0. The van der Waals surface area contributed by atoms with E-state index in [4.69, 9.17) is 4.74 Å². The quantitative estimate of drug-likeness (QED) is 0.680. The van der Waals surface area contributed by atoms with Crippen LogP contribution in [0.3, 0.4) is 0 Å². The van der Waals surface area contributed by atoms with E-state index in [1.807, 2.05) is 24.3 Å². The molecule has 2 aromatic carbocycles. The highest BCUT2D eigenvalue weighted by atomic mass is 16.5. The Morgan fingerprint density at radius 3 is 2.24 bits per heavy atom. The number of ether oxygens (including phenoxy) is 1. The van der Waals surface area contributed by atoms with Crippen molar-refractivity contribution in [3.63, 3.8) is 0 Å². The Morgan fingerprint density at radius 1 is 0.960 bits per heavy atom. The van der Waals surface area contributed by atoms with Gasteiger partial charge in [-0.3, -0.25) is 4.79 Å². The molecular weight excluding hydrogens is 312 g/mol. The van der Waals surface area contributed by atoms with Gasteiger partial charge in [-0.1, -0.05) is 50.2 Å². The molecule has 0 aliphatic rings. The Morgan fingerprint density at radius 2 is 1.60 bits per heavy atom. The number of carbonyl (C=O) groups is 1. The minimum absolute atomic E-state index is 0.0446. The second-order valence-corrected chi connectivity index (χ2v) is 5.95. The number of rotatable bonds is 9. The standard InChI is InChI=1S/C21H28N2O2/c1-4-16-10-8-11-17(5-2)21(16)23-20(24)13-14-22-15-18-9-6-7-12-19(18)25-3/h6-12,22H,4-5,13-15H2,1-3H3,(H,23,24). The van der Waals surface area contributed by atoms with Gasteiger partial charge in [-0.15, -0.1) is 0 Å². The summed E-state index contributed by atoms with van der Waals surface area (Å²) in [4.78, 5) is 12.3. The van der Waals surface area contributed by atoms with Crippen LogP contribution in [0.4, 0.5) is 5.69 Å². The third kappa shape index (κ3) is 5.33. The van der Waals surface area contributed by atoms with Gasteiger partial charge in [0.1, 0.15) is 5.75 Å². The summed E-state index contributed by atoms with van der Waals surface area (Å²) in [6.07, 6.45) is 2.27. The van der Waals surface area contributed by atoms with Crippen LogP contribution in [0.1, 0.15) is 37.0 Å². The number of nitrogens with one attached hydrogen (secondary N) is 2. The zero-order valence-electron chi connectivity index (χ0n) is 15.4. The van der Waals surface area contributed by atoms with Crippen LogP contribution in [0.25, 0.3) is 0 Å². The second-order valence-electron chi connectivity index (χ2n) is 5.95. The van der Waals surface area contributed by atoms with Gasteiger partial charge < -0.3 is 15.4 Å². The van der Waals surface area contributed by atoms with Gasteiger partial charge in [-0.2, -0.15) is 0 Å². The zero-order chi connectivity index (χ0) is 18.1. The molecule has 2 aromatic rings. The van der Waals surface area contributed by atoms with Crippen molar-refractivity contribution < 1.29 is 9.53 Å². The number of methoxy groups -OCH3 is 1. The number of benzene rings is 2. The van der Waals surface area contributed by atoms with Crippen LogP contribution in [0.5, 0.6) is 5.75 Å². The Kier molecular flexibility index (Phi) is 7.48. The number of amides is 1. The summed E-state index contributed by atoms with van der Waals surface area (Å²) in [6.45, 7) is 5.53. The molecule has 0 aromatic heterocycles. The van der Waals surface area contributed by atoms with Crippen molar-refractivity contribution in [3.05, 3.63) is 59.2 Å². The van der Waals surface area contributed by atoms with Gasteiger partial charge in [0.25, 0.3) is 0 Å². The molecule has 0 bridgehead atoms. The fourth-order valence-electron chi connectivity index (χ4n) is 2.88. The maximum Gasteiger partial charge on any atom is 0.225 e. The molecule has 0 heterocycles. The lowest BCUT2D eigenvalue weighted by molar-refractivity contribution is -0.116. The molecule has 134 valence electrons. The lowest BCUT2D eigenvalue weighted by Crippen LogP contribution is -2.22. The Bertz CT molecular complexity index is 676. The first-order valence-corrected chi connectivity index (χ1v) is 8.92. The van der Waals surface area contributed by atoms with Crippen molar-refractivity contribution >= 4 is 11.6 Å². The number of aryl methyl sites for hydroxylation is 2. The number of hydrogen-bond donors (Lipinski definition) is 2. The molecule has 0 radical (unpaired) electrons. The summed E-state index contributed by atoms with van der Waals surface area (Å²) in [7, 11) is 1.67. The molecule has 25 heavy (non-hydrogen) atoms. The largest absolute Gasteiger partial charge is 0.496 e. The van der Waals surface area contributed by atoms with Crippen LogP contribution >= 0.6 is 0 Å². The zero-order valence-corrected chi connectivity index (χ0v) is 15.4. The Labute approximate surface area is 150 Å². The molecule has 2 rings (SSSR count). The van der Waals surface area contributed by atoms with Crippen molar-refractivity contribution in [2.75, 3.05) is 19.0 Å². The van der Waals surface area contributed by atoms with Crippen molar-refractivity contribution in [2.45, 2.75) is 39.7 Å². The molecule has 4 heteroatoms. The van der Waals surface area contributed by atoms with E-state index >= 15 is 0 Å². The average Bonchev–Trinajstić information content (AvgIpc) is 2.65. The first-order valence-electron chi connectivity index (χ1n) is 8.92. The summed E-state index contributed by atoms with van der Waals surface area (Å²) in [5, 5.41) is 6.41. The molecule has 1 amide bonds. The predicted molar refractivity (Wildman–Crippen MR) is 103 cm³/mol. The summed E-state index contributed by atoms with van der Waals surface area (Å²) in [5.74, 6) is 0.909. The molecule has 0 unspecified atom stereocenters. The van der Waals surface area contributed by atoms with Crippen LogP contribution in [0.2, 0.25) is 0 Å². The number of hydrogen-bond acceptors (Lipinski definition) is 3. The normalized spacial score (nSPS) is 10.5. The fraction of sp³-hybridized carbons (Fsp3) is 0.381. The van der Waals surface area contributed by atoms with Crippen LogP contribution in [-0.4, -0.2) is 19.6 Å². The molecule has 0 saturated heterocycles. The molecular formula is C21H28N2O2. The van der Waals surface area contributed by atoms with E-state index in [1.54, 1.807) is 7.11 Å². The lowest BCUT2D eigenvalue weighted by Gasteiger charge is -2.14. The predicted octanol–water partition coefficient (Wildman–Crippen LogP) is 3.94. The van der Waals surface area contributed by atoms with Gasteiger partial charge in [0, 0.05) is 30.8 Å². The van der Waals surface area contributed by atoms with Crippen LogP contribution < -0.4 is 15.4 Å². The molecule has 0 atom stereocenters. The van der Waals surface area contributed by atoms with Crippen molar-refractivity contribution in [1.82, 2.24) is 5.32 Å². The minimum Gasteiger partial charge on any atom is -0.496 e. The lowest BCUT2D eigenvalue weighted by atomic mass is 10.0. The molecule has 0 fully saturated rings. The maximum atomic E-state index is 12.3. The molecule has 2 N–H and O–H groups in total. The van der Waals surface area contributed by atoms with Crippen LogP contribution in [0, 0.1) is 0 Å². The van der Waals surface area contributed by atoms with E-state index in [2.05, 4.69) is 42.7 Å². The van der Waals surface area contributed by atoms with E-state index in [1.165, 1.54) is 11.1 Å². The molecule has 0 spiro atoms. The van der Waals surface area contributed by atoms with Gasteiger partial charge in [-0.25, -0.2) is 0 Å². The third-order valence-corrected chi connectivity index (χ3v) is 4.30. The monoisotopic (exact) mass is 340 g/mol. The van der Waals surface area contributed by atoms with E-state index < -0.39 is 0 Å². The first-order chi connectivity index (χ1) is 12.2. The number of carbonyl (C=O) groups excluding carboxylic acids is 1. The van der Waals surface area contributed by atoms with E-state index in [-0.39, 0.29) is 5.91 Å². The maximum absolute atomic E-state index is 12.3. The minimum atomic E-state index is 0.0446. The fourth-order valence-corrected chi connectivity index (χ4v) is 2.88. The Hall–Kier alpha value is -2.33.